The minimum atomic E-state index is -2.67. The van der Waals surface area contributed by atoms with Gasteiger partial charge in [0.25, 0.3) is 5.92 Å². The summed E-state index contributed by atoms with van der Waals surface area (Å²) >= 11 is 0. The molecule has 0 fully saturated rings. The molecule has 1 nitrogen and oxygen atoms in total. The molecule has 3 heteroatoms. The van der Waals surface area contributed by atoms with Crippen molar-refractivity contribution >= 4 is 0 Å². The van der Waals surface area contributed by atoms with Gasteiger partial charge in [0.05, 0.1) is 6.54 Å². The summed E-state index contributed by atoms with van der Waals surface area (Å²) in [6, 6.07) is 0. The highest BCUT2D eigenvalue weighted by molar-refractivity contribution is 4.73. The lowest BCUT2D eigenvalue weighted by molar-refractivity contribution is -0.0449. The molecule has 0 radical (unpaired) electrons. The van der Waals surface area contributed by atoms with Crippen molar-refractivity contribution in [3.8, 4) is 0 Å². The van der Waals surface area contributed by atoms with Crippen LogP contribution < -0.4 is 5.73 Å². The van der Waals surface area contributed by atoms with Gasteiger partial charge in [-0.25, -0.2) is 8.78 Å². The van der Waals surface area contributed by atoms with Crippen LogP contribution in [0.3, 0.4) is 0 Å². The Morgan fingerprint density at radius 2 is 2.00 bits per heavy atom. The van der Waals surface area contributed by atoms with Crippen molar-refractivity contribution in [2.75, 3.05) is 6.54 Å². The molecule has 2 N–H and O–H groups in total. The van der Waals surface area contributed by atoms with Gasteiger partial charge < -0.3 is 5.73 Å². The van der Waals surface area contributed by atoms with Crippen molar-refractivity contribution in [3.05, 3.63) is 0 Å². The average molecular weight is 151 g/mol. The molecule has 0 aromatic rings. The fourth-order valence-corrected chi connectivity index (χ4v) is 0.845. The lowest BCUT2D eigenvalue weighted by Crippen LogP contribution is -2.34. The smallest absolute Gasteiger partial charge is 0.262 e. The van der Waals surface area contributed by atoms with Gasteiger partial charge >= 0.3 is 0 Å². The molecule has 0 aromatic carbocycles. The SMILES string of the molecule is CCCC(C)C(F)(F)CN. The molecule has 0 spiro atoms. The first-order valence-corrected chi connectivity index (χ1v) is 3.62. The Kier molecular flexibility index (Phi) is 3.79. The number of hydrogen-bond donors (Lipinski definition) is 1. The molecule has 0 aliphatic rings. The molecule has 0 amide bonds. The number of alkyl halides is 2. The van der Waals surface area contributed by atoms with Crippen LogP contribution in [0.25, 0.3) is 0 Å². The van der Waals surface area contributed by atoms with E-state index in [1.807, 2.05) is 6.92 Å². The van der Waals surface area contributed by atoms with Crippen LogP contribution in [-0.4, -0.2) is 12.5 Å². The minimum absolute atomic E-state index is 0.534. The standard InChI is InChI=1S/C7H15F2N/c1-3-4-6(2)7(8,9)5-10/h6H,3-5,10H2,1-2H3. The van der Waals surface area contributed by atoms with Crippen LogP contribution in [0.2, 0.25) is 0 Å². The molecule has 62 valence electrons. The van der Waals surface area contributed by atoms with E-state index >= 15 is 0 Å². The summed E-state index contributed by atoms with van der Waals surface area (Å²) in [6.07, 6.45) is 1.33. The largest absolute Gasteiger partial charge is 0.325 e. The number of hydrogen-bond acceptors (Lipinski definition) is 1. The van der Waals surface area contributed by atoms with Gasteiger partial charge in [0.2, 0.25) is 0 Å². The van der Waals surface area contributed by atoms with E-state index in [1.165, 1.54) is 6.92 Å². The van der Waals surface area contributed by atoms with Crippen molar-refractivity contribution in [2.45, 2.75) is 32.6 Å². The van der Waals surface area contributed by atoms with Gasteiger partial charge in [-0.05, 0) is 6.42 Å². The third-order valence-electron chi connectivity index (χ3n) is 1.71. The monoisotopic (exact) mass is 151 g/mol. The Balaban J connectivity index is 3.78. The third kappa shape index (κ3) is 2.60. The molecule has 0 bridgehead atoms. The second kappa shape index (κ2) is 3.86. The average Bonchev–Trinajstić information content (AvgIpc) is 1.89. The summed E-state index contributed by atoms with van der Waals surface area (Å²) in [4.78, 5) is 0. The second-order valence-corrected chi connectivity index (χ2v) is 2.65. The molecular formula is C7H15F2N. The lowest BCUT2D eigenvalue weighted by atomic mass is 9.99. The fraction of sp³-hybridized carbons (Fsp3) is 1.00. The Hall–Kier alpha value is -0.180. The van der Waals surface area contributed by atoms with E-state index in [9.17, 15) is 8.78 Å². The molecule has 1 unspecified atom stereocenters. The van der Waals surface area contributed by atoms with Gasteiger partial charge in [-0.15, -0.1) is 0 Å². The fourth-order valence-electron chi connectivity index (χ4n) is 0.845. The lowest BCUT2D eigenvalue weighted by Gasteiger charge is -2.20. The van der Waals surface area contributed by atoms with Crippen LogP contribution in [0.15, 0.2) is 0 Å². The van der Waals surface area contributed by atoms with Crippen molar-refractivity contribution in [3.63, 3.8) is 0 Å². The van der Waals surface area contributed by atoms with E-state index in [2.05, 4.69) is 0 Å². The molecule has 1 atom stereocenters. The summed E-state index contributed by atoms with van der Waals surface area (Å²) in [5, 5.41) is 0. The summed E-state index contributed by atoms with van der Waals surface area (Å²) in [6.45, 7) is 2.90. The molecule has 10 heavy (non-hydrogen) atoms. The second-order valence-electron chi connectivity index (χ2n) is 2.65. The van der Waals surface area contributed by atoms with Crippen LogP contribution >= 0.6 is 0 Å². The normalized spacial score (nSPS) is 15.3. The van der Waals surface area contributed by atoms with Crippen molar-refractivity contribution in [2.24, 2.45) is 11.7 Å². The molecule has 0 aromatic heterocycles. The maximum Gasteiger partial charge on any atom is 0.262 e. The van der Waals surface area contributed by atoms with E-state index < -0.39 is 18.4 Å². The highest BCUT2D eigenvalue weighted by Crippen LogP contribution is 2.26. The zero-order chi connectivity index (χ0) is 8.20. The van der Waals surface area contributed by atoms with Gasteiger partial charge in [-0.1, -0.05) is 20.3 Å². The highest BCUT2D eigenvalue weighted by atomic mass is 19.3. The van der Waals surface area contributed by atoms with Crippen molar-refractivity contribution in [1.82, 2.24) is 0 Å². The Morgan fingerprint density at radius 3 is 2.30 bits per heavy atom. The number of rotatable bonds is 4. The van der Waals surface area contributed by atoms with Crippen molar-refractivity contribution < 1.29 is 8.78 Å². The summed E-state index contributed by atoms with van der Waals surface area (Å²) in [7, 11) is 0. The first kappa shape index (κ1) is 9.82. The number of halogens is 2. The van der Waals surface area contributed by atoms with Crippen LogP contribution in [0, 0.1) is 5.92 Å². The van der Waals surface area contributed by atoms with E-state index in [0.717, 1.165) is 6.42 Å². The molecular weight excluding hydrogens is 136 g/mol. The minimum Gasteiger partial charge on any atom is -0.325 e. The van der Waals surface area contributed by atoms with Crippen LogP contribution in [-0.2, 0) is 0 Å². The Bertz CT molecular complexity index is 93.6. The van der Waals surface area contributed by atoms with E-state index in [-0.39, 0.29) is 0 Å². The van der Waals surface area contributed by atoms with Gasteiger partial charge in [0, 0.05) is 5.92 Å². The number of nitrogens with two attached hydrogens (primary N) is 1. The summed E-state index contributed by atoms with van der Waals surface area (Å²) < 4.78 is 25.2. The maximum atomic E-state index is 12.6. The Labute approximate surface area is 60.6 Å². The maximum absolute atomic E-state index is 12.6. The van der Waals surface area contributed by atoms with Crippen LogP contribution in [0.1, 0.15) is 26.7 Å². The van der Waals surface area contributed by atoms with E-state index in [4.69, 9.17) is 5.73 Å². The Morgan fingerprint density at radius 1 is 1.50 bits per heavy atom. The predicted octanol–water partition coefficient (Wildman–Crippen LogP) is 2.02. The van der Waals surface area contributed by atoms with Gasteiger partial charge in [-0.3, -0.25) is 0 Å². The highest BCUT2D eigenvalue weighted by Gasteiger charge is 2.33. The summed E-state index contributed by atoms with van der Waals surface area (Å²) in [5.74, 6) is -3.25. The van der Waals surface area contributed by atoms with E-state index in [0.29, 0.717) is 6.42 Å². The quantitative estimate of drug-likeness (QED) is 0.653. The van der Waals surface area contributed by atoms with Gasteiger partial charge in [-0.2, -0.15) is 0 Å². The zero-order valence-corrected chi connectivity index (χ0v) is 6.53. The zero-order valence-electron chi connectivity index (χ0n) is 6.53. The van der Waals surface area contributed by atoms with E-state index in [1.54, 1.807) is 0 Å². The molecule has 0 aliphatic heterocycles. The molecule has 0 saturated heterocycles. The molecule has 0 rings (SSSR count). The van der Waals surface area contributed by atoms with Crippen LogP contribution in [0.4, 0.5) is 8.78 Å². The van der Waals surface area contributed by atoms with Gasteiger partial charge in [0.15, 0.2) is 0 Å². The molecule has 0 aliphatic carbocycles. The van der Waals surface area contributed by atoms with Crippen LogP contribution in [0.5, 0.6) is 0 Å². The third-order valence-corrected chi connectivity index (χ3v) is 1.71. The summed E-state index contributed by atoms with van der Waals surface area (Å²) in [5.41, 5.74) is 4.89. The topological polar surface area (TPSA) is 26.0 Å². The molecule has 0 heterocycles. The molecule has 0 saturated carbocycles. The first-order chi connectivity index (χ1) is 4.54. The predicted molar refractivity (Wildman–Crippen MR) is 38.1 cm³/mol. The first-order valence-electron chi connectivity index (χ1n) is 3.62. The van der Waals surface area contributed by atoms with Gasteiger partial charge in [0.1, 0.15) is 0 Å². The van der Waals surface area contributed by atoms with Crippen molar-refractivity contribution in [1.29, 1.82) is 0 Å².